The summed E-state index contributed by atoms with van der Waals surface area (Å²) in [6.45, 7) is 5.43. The summed E-state index contributed by atoms with van der Waals surface area (Å²) < 4.78 is 0. The molecule has 1 heterocycles. The van der Waals surface area contributed by atoms with Crippen LogP contribution in [0.25, 0.3) is 0 Å². The lowest BCUT2D eigenvalue weighted by Gasteiger charge is -2.46. The van der Waals surface area contributed by atoms with Crippen LogP contribution in [0.2, 0.25) is 0 Å². The van der Waals surface area contributed by atoms with E-state index in [0.717, 1.165) is 38.6 Å². The molecule has 0 spiro atoms. The van der Waals surface area contributed by atoms with Gasteiger partial charge in [0, 0.05) is 31.1 Å². The normalized spacial score (nSPS) is 35.2. The zero-order valence-electron chi connectivity index (χ0n) is 16.3. The van der Waals surface area contributed by atoms with Crippen LogP contribution in [0, 0.1) is 23.7 Å². The number of carbonyl (C=O) groups is 2. The molecular formula is C20H36ClN3O2. The smallest absolute Gasteiger partial charge is 0.225 e. The Hall–Kier alpha value is -0.810. The minimum atomic E-state index is -0.0434. The predicted octanol–water partition coefficient (Wildman–Crippen LogP) is 2.72. The van der Waals surface area contributed by atoms with Crippen LogP contribution < -0.4 is 11.1 Å². The van der Waals surface area contributed by atoms with Gasteiger partial charge in [0.05, 0.1) is 5.92 Å². The number of carbonyl (C=O) groups excluding carboxylic acids is 2. The third-order valence-electron chi connectivity index (χ3n) is 6.82. The molecule has 4 unspecified atom stereocenters. The van der Waals surface area contributed by atoms with Gasteiger partial charge in [-0.3, -0.25) is 9.59 Å². The van der Waals surface area contributed by atoms with Gasteiger partial charge in [0.2, 0.25) is 11.8 Å². The van der Waals surface area contributed by atoms with Gasteiger partial charge >= 0.3 is 0 Å². The molecule has 0 aromatic heterocycles. The first-order valence-electron chi connectivity index (χ1n) is 10.3. The Balaban J connectivity index is 0.00000243. The van der Waals surface area contributed by atoms with Crippen LogP contribution in [-0.4, -0.2) is 41.9 Å². The van der Waals surface area contributed by atoms with Crippen molar-refractivity contribution in [3.63, 3.8) is 0 Å². The number of likely N-dealkylation sites (tertiary alicyclic amines) is 1. The standard InChI is InChI=1S/C20H35N3O2.ClH/c1-3-13(2)20(25)23-9-5-8-16(12-23)19(24)22-18-14-6-4-7-15(18)11-17(21)10-14;/h13-18H,3-12,21H2,1-2H3,(H,22,24);1H. The number of rotatable bonds is 4. The Morgan fingerprint density at radius 1 is 1.15 bits per heavy atom. The van der Waals surface area contributed by atoms with Crippen LogP contribution in [0.3, 0.4) is 0 Å². The molecule has 3 fully saturated rings. The number of nitrogens with two attached hydrogens (primary N) is 1. The molecule has 0 aromatic carbocycles. The molecule has 5 nitrogen and oxygen atoms in total. The van der Waals surface area contributed by atoms with Crippen LogP contribution >= 0.6 is 12.4 Å². The molecule has 4 atom stereocenters. The molecule has 1 saturated heterocycles. The molecule has 2 amide bonds. The molecule has 2 bridgehead atoms. The number of hydrogen-bond acceptors (Lipinski definition) is 3. The van der Waals surface area contributed by atoms with Crippen molar-refractivity contribution in [1.29, 1.82) is 0 Å². The van der Waals surface area contributed by atoms with Crippen molar-refractivity contribution in [1.82, 2.24) is 10.2 Å². The number of nitrogens with one attached hydrogen (secondary N) is 1. The summed E-state index contributed by atoms with van der Waals surface area (Å²) in [4.78, 5) is 27.3. The molecule has 150 valence electrons. The average molecular weight is 386 g/mol. The maximum absolute atomic E-state index is 12.9. The van der Waals surface area contributed by atoms with E-state index in [1.165, 1.54) is 19.3 Å². The number of fused-ring (bicyclic) bond motifs is 2. The molecule has 3 N–H and O–H groups in total. The molecule has 2 saturated carbocycles. The highest BCUT2D eigenvalue weighted by atomic mass is 35.5. The molecule has 1 aliphatic heterocycles. The molecule has 0 aromatic rings. The van der Waals surface area contributed by atoms with E-state index >= 15 is 0 Å². The first-order chi connectivity index (χ1) is 12.0. The van der Waals surface area contributed by atoms with Crippen molar-refractivity contribution in [3.8, 4) is 0 Å². The van der Waals surface area contributed by atoms with Gasteiger partial charge in [0.15, 0.2) is 0 Å². The molecular weight excluding hydrogens is 350 g/mol. The van der Waals surface area contributed by atoms with Crippen LogP contribution in [0.15, 0.2) is 0 Å². The SMILES string of the molecule is CCC(C)C(=O)N1CCCC(C(=O)NC2C3CCCC2CC(N)C3)C1.Cl. The van der Waals surface area contributed by atoms with E-state index in [9.17, 15) is 9.59 Å². The lowest BCUT2D eigenvalue weighted by Crippen LogP contribution is -2.56. The maximum Gasteiger partial charge on any atom is 0.225 e. The maximum atomic E-state index is 12.9. The Bertz CT molecular complexity index is 487. The quantitative estimate of drug-likeness (QED) is 0.781. The number of halogens is 1. The highest BCUT2D eigenvalue weighted by molar-refractivity contribution is 5.85. The second-order valence-electron chi connectivity index (χ2n) is 8.65. The number of nitrogens with zero attached hydrogens (tertiary/aromatic N) is 1. The lowest BCUT2D eigenvalue weighted by molar-refractivity contribution is -0.139. The van der Waals surface area contributed by atoms with Crippen LogP contribution in [0.5, 0.6) is 0 Å². The second-order valence-corrected chi connectivity index (χ2v) is 8.65. The van der Waals surface area contributed by atoms with Gasteiger partial charge in [-0.1, -0.05) is 20.3 Å². The fourth-order valence-corrected chi connectivity index (χ4v) is 5.18. The highest BCUT2D eigenvalue weighted by Gasteiger charge is 2.41. The van der Waals surface area contributed by atoms with Crippen molar-refractivity contribution in [2.75, 3.05) is 13.1 Å². The van der Waals surface area contributed by atoms with Crippen LogP contribution in [0.1, 0.15) is 65.2 Å². The monoisotopic (exact) mass is 385 g/mol. The van der Waals surface area contributed by atoms with Crippen LogP contribution in [-0.2, 0) is 9.59 Å². The third-order valence-corrected chi connectivity index (χ3v) is 6.82. The van der Waals surface area contributed by atoms with E-state index in [0.29, 0.717) is 30.5 Å². The molecule has 6 heteroatoms. The van der Waals surface area contributed by atoms with Crippen molar-refractivity contribution in [2.24, 2.45) is 29.4 Å². The van der Waals surface area contributed by atoms with E-state index in [4.69, 9.17) is 5.73 Å². The fraction of sp³-hybridized carbons (Fsp3) is 0.900. The van der Waals surface area contributed by atoms with Gasteiger partial charge in [0.25, 0.3) is 0 Å². The van der Waals surface area contributed by atoms with Crippen molar-refractivity contribution in [2.45, 2.75) is 77.3 Å². The van der Waals surface area contributed by atoms with Gasteiger partial charge in [-0.15, -0.1) is 12.4 Å². The Morgan fingerprint density at radius 3 is 2.42 bits per heavy atom. The van der Waals surface area contributed by atoms with E-state index < -0.39 is 0 Å². The topological polar surface area (TPSA) is 75.4 Å². The zero-order valence-corrected chi connectivity index (χ0v) is 17.1. The summed E-state index contributed by atoms with van der Waals surface area (Å²) in [5.74, 6) is 1.49. The Labute approximate surface area is 164 Å². The summed E-state index contributed by atoms with van der Waals surface area (Å²) in [6.07, 6.45) is 8.44. The molecule has 3 aliphatic rings. The van der Waals surface area contributed by atoms with Crippen molar-refractivity contribution in [3.05, 3.63) is 0 Å². The molecule has 0 radical (unpaired) electrons. The number of piperidine rings is 1. The highest BCUT2D eigenvalue weighted by Crippen LogP contribution is 2.39. The molecule has 3 rings (SSSR count). The second kappa shape index (κ2) is 9.41. The van der Waals surface area contributed by atoms with E-state index in [1.807, 2.05) is 18.7 Å². The summed E-state index contributed by atoms with van der Waals surface area (Å²) in [7, 11) is 0. The summed E-state index contributed by atoms with van der Waals surface area (Å²) in [6, 6.07) is 0.614. The van der Waals surface area contributed by atoms with Gasteiger partial charge in [-0.05, 0) is 56.8 Å². The zero-order chi connectivity index (χ0) is 18.0. The van der Waals surface area contributed by atoms with E-state index in [1.54, 1.807) is 0 Å². The average Bonchev–Trinajstić information content (AvgIpc) is 2.61. The lowest BCUT2D eigenvalue weighted by atomic mass is 9.67. The number of amides is 2. The first-order valence-corrected chi connectivity index (χ1v) is 10.3. The number of hydrogen-bond donors (Lipinski definition) is 2. The van der Waals surface area contributed by atoms with Gasteiger partial charge in [-0.2, -0.15) is 0 Å². The fourth-order valence-electron chi connectivity index (χ4n) is 5.18. The van der Waals surface area contributed by atoms with Gasteiger partial charge in [-0.25, -0.2) is 0 Å². The van der Waals surface area contributed by atoms with Crippen molar-refractivity contribution >= 4 is 24.2 Å². The minimum absolute atomic E-state index is 0. The summed E-state index contributed by atoms with van der Waals surface area (Å²) in [5.41, 5.74) is 6.20. The molecule has 26 heavy (non-hydrogen) atoms. The van der Waals surface area contributed by atoms with Gasteiger partial charge in [0.1, 0.15) is 0 Å². The Morgan fingerprint density at radius 2 is 1.81 bits per heavy atom. The Kier molecular flexibility index (Phi) is 7.77. The molecule has 2 aliphatic carbocycles. The summed E-state index contributed by atoms with van der Waals surface area (Å²) in [5, 5.41) is 3.38. The first kappa shape index (κ1) is 21.5. The predicted molar refractivity (Wildman–Crippen MR) is 106 cm³/mol. The third kappa shape index (κ3) is 4.72. The van der Waals surface area contributed by atoms with E-state index in [-0.39, 0.29) is 36.1 Å². The largest absolute Gasteiger partial charge is 0.353 e. The minimum Gasteiger partial charge on any atom is -0.353 e. The van der Waals surface area contributed by atoms with Crippen LogP contribution in [0.4, 0.5) is 0 Å². The van der Waals surface area contributed by atoms with Crippen molar-refractivity contribution < 1.29 is 9.59 Å². The van der Waals surface area contributed by atoms with Gasteiger partial charge < -0.3 is 16.0 Å². The van der Waals surface area contributed by atoms with E-state index in [2.05, 4.69) is 5.32 Å². The summed E-state index contributed by atoms with van der Waals surface area (Å²) >= 11 is 0.